The van der Waals surface area contributed by atoms with Gasteiger partial charge in [-0.2, -0.15) is 0 Å². The molecule has 1 spiro atoms. The van der Waals surface area contributed by atoms with Gasteiger partial charge in [-0.15, -0.1) is 0 Å². The average molecular weight is 710 g/mol. The third-order valence-corrected chi connectivity index (χ3v) is 15.2. The first-order valence-electron chi connectivity index (χ1n) is 20.8. The number of anilines is 3. The van der Waals surface area contributed by atoms with Crippen molar-refractivity contribution in [2.24, 2.45) is 23.7 Å². The standard InChI is InChI=1S/C54H47N/c1-33-49(27-26-44-43-15-6-9-19-47(43)54(52(33)44)38-29-34-28-35(31-38)32-39(54)30-34)55(50-21-11-20-48-51(50)45-16-7-8-18-46(45)53(48,2)3)40-24-22-37(23-25-40)42-17-10-13-36-12-4-5-14-41(36)42/h4-27,34-35,38-39H,28-32H2,1-3H3. The van der Waals surface area contributed by atoms with Gasteiger partial charge in [-0.05, 0) is 153 Å². The average Bonchev–Trinajstić information content (AvgIpc) is 3.64. The van der Waals surface area contributed by atoms with Crippen LogP contribution in [0.5, 0.6) is 0 Å². The second kappa shape index (κ2) is 11.3. The second-order valence-electron chi connectivity index (χ2n) is 18.1. The number of benzene rings is 7. The lowest BCUT2D eigenvalue weighted by Crippen LogP contribution is -2.55. The molecule has 268 valence electrons. The number of fused-ring (bicyclic) bond motifs is 7. The first-order chi connectivity index (χ1) is 26.9. The van der Waals surface area contributed by atoms with E-state index in [0.29, 0.717) is 0 Å². The monoisotopic (exact) mass is 709 g/mol. The van der Waals surface area contributed by atoms with Crippen molar-refractivity contribution < 1.29 is 0 Å². The van der Waals surface area contributed by atoms with Crippen LogP contribution >= 0.6 is 0 Å². The molecule has 13 rings (SSSR count). The lowest BCUT2D eigenvalue weighted by Gasteiger charge is -2.61. The van der Waals surface area contributed by atoms with Crippen LogP contribution in [-0.2, 0) is 10.8 Å². The molecule has 7 aromatic rings. The van der Waals surface area contributed by atoms with Crippen LogP contribution in [-0.4, -0.2) is 0 Å². The zero-order valence-electron chi connectivity index (χ0n) is 32.1. The molecule has 0 heterocycles. The summed E-state index contributed by atoms with van der Waals surface area (Å²) in [4.78, 5) is 2.63. The highest BCUT2D eigenvalue weighted by Gasteiger charge is 2.62. The van der Waals surface area contributed by atoms with Gasteiger partial charge in [-0.1, -0.05) is 135 Å². The molecule has 0 aromatic heterocycles. The van der Waals surface area contributed by atoms with Gasteiger partial charge in [-0.25, -0.2) is 0 Å². The maximum absolute atomic E-state index is 2.63. The van der Waals surface area contributed by atoms with Crippen molar-refractivity contribution in [3.63, 3.8) is 0 Å². The lowest BCUT2D eigenvalue weighted by atomic mass is 9.43. The van der Waals surface area contributed by atoms with Gasteiger partial charge in [0.05, 0.1) is 5.69 Å². The number of hydrogen-bond donors (Lipinski definition) is 0. The SMILES string of the molecule is Cc1c(N(c2ccc(-c3cccc4ccccc34)cc2)c2cccc3c2-c2ccccc2C3(C)C)ccc2c1C1(c3ccccc3-2)C2CC3CC(C2)CC1C3. The van der Waals surface area contributed by atoms with E-state index in [4.69, 9.17) is 0 Å². The van der Waals surface area contributed by atoms with Crippen molar-refractivity contribution >= 4 is 27.8 Å². The summed E-state index contributed by atoms with van der Waals surface area (Å²) in [6.45, 7) is 7.28. The first-order valence-corrected chi connectivity index (χ1v) is 20.8. The van der Waals surface area contributed by atoms with Crippen molar-refractivity contribution in [2.75, 3.05) is 4.90 Å². The van der Waals surface area contributed by atoms with Crippen molar-refractivity contribution in [2.45, 2.75) is 63.7 Å². The Kier molecular flexibility index (Phi) is 6.57. The molecule has 4 saturated carbocycles. The largest absolute Gasteiger partial charge is 0.310 e. The first kappa shape index (κ1) is 31.9. The molecule has 1 nitrogen and oxygen atoms in total. The molecule has 0 radical (unpaired) electrons. The third-order valence-electron chi connectivity index (χ3n) is 15.2. The van der Waals surface area contributed by atoms with E-state index in [1.54, 1.807) is 11.1 Å². The van der Waals surface area contributed by atoms with E-state index in [-0.39, 0.29) is 10.8 Å². The minimum atomic E-state index is -0.0785. The van der Waals surface area contributed by atoms with Crippen LogP contribution in [0.3, 0.4) is 0 Å². The molecule has 0 aliphatic heterocycles. The molecule has 0 N–H and O–H groups in total. The molecule has 0 amide bonds. The zero-order chi connectivity index (χ0) is 36.6. The van der Waals surface area contributed by atoms with Gasteiger partial charge in [0.15, 0.2) is 0 Å². The summed E-state index contributed by atoms with van der Waals surface area (Å²) < 4.78 is 0. The molecule has 7 aromatic carbocycles. The fraction of sp³-hybridized carbons (Fsp3) is 0.259. The van der Waals surface area contributed by atoms with Crippen molar-refractivity contribution in [1.82, 2.24) is 0 Å². The van der Waals surface area contributed by atoms with E-state index >= 15 is 0 Å². The maximum Gasteiger partial charge on any atom is 0.0543 e. The Bertz CT molecular complexity index is 2680. The topological polar surface area (TPSA) is 3.24 Å². The van der Waals surface area contributed by atoms with E-state index in [0.717, 1.165) is 23.7 Å². The number of nitrogens with zero attached hydrogens (tertiary/aromatic N) is 1. The molecule has 0 saturated heterocycles. The van der Waals surface area contributed by atoms with Gasteiger partial charge in [-0.3, -0.25) is 0 Å². The molecule has 4 bridgehead atoms. The third kappa shape index (κ3) is 4.20. The highest BCUT2D eigenvalue weighted by atomic mass is 15.1. The number of hydrogen-bond acceptors (Lipinski definition) is 1. The summed E-state index contributed by atoms with van der Waals surface area (Å²) >= 11 is 0. The van der Waals surface area contributed by atoms with Crippen molar-refractivity contribution in [1.29, 1.82) is 0 Å². The van der Waals surface area contributed by atoms with Gasteiger partial charge in [0.1, 0.15) is 0 Å². The molecule has 4 fully saturated rings. The van der Waals surface area contributed by atoms with Crippen LogP contribution in [0.4, 0.5) is 17.1 Å². The Labute approximate surface area is 325 Å². The van der Waals surface area contributed by atoms with E-state index in [1.807, 2.05) is 0 Å². The zero-order valence-corrected chi connectivity index (χ0v) is 32.1. The second-order valence-corrected chi connectivity index (χ2v) is 18.1. The highest BCUT2D eigenvalue weighted by Crippen LogP contribution is 2.70. The Balaban J connectivity index is 1.10. The smallest absolute Gasteiger partial charge is 0.0543 e. The predicted octanol–water partition coefficient (Wildman–Crippen LogP) is 14.3. The van der Waals surface area contributed by atoms with Crippen LogP contribution in [0.2, 0.25) is 0 Å². The molecule has 6 aliphatic rings. The Hall–Kier alpha value is -5.40. The van der Waals surface area contributed by atoms with E-state index < -0.39 is 0 Å². The summed E-state index contributed by atoms with van der Waals surface area (Å²) in [5.74, 6) is 3.28. The molecule has 1 heteroatoms. The molecular formula is C54H47N. The van der Waals surface area contributed by atoms with Gasteiger partial charge >= 0.3 is 0 Å². The predicted molar refractivity (Wildman–Crippen MR) is 230 cm³/mol. The Morgan fingerprint density at radius 1 is 0.491 bits per heavy atom. The fourth-order valence-corrected chi connectivity index (χ4v) is 13.3. The van der Waals surface area contributed by atoms with Gasteiger partial charge in [0.25, 0.3) is 0 Å². The van der Waals surface area contributed by atoms with Crippen LogP contribution in [0.25, 0.3) is 44.2 Å². The lowest BCUT2D eigenvalue weighted by molar-refractivity contribution is -0.0401. The van der Waals surface area contributed by atoms with Crippen molar-refractivity contribution in [3.8, 4) is 33.4 Å². The molecular weight excluding hydrogens is 663 g/mol. The van der Waals surface area contributed by atoms with Crippen LogP contribution in [0, 0.1) is 30.6 Å². The Morgan fingerprint density at radius 2 is 1.11 bits per heavy atom. The fourth-order valence-electron chi connectivity index (χ4n) is 13.3. The summed E-state index contributed by atoms with van der Waals surface area (Å²) in [5.41, 5.74) is 19.6. The highest BCUT2D eigenvalue weighted by molar-refractivity contribution is 5.99. The van der Waals surface area contributed by atoms with E-state index in [2.05, 4.69) is 171 Å². The van der Waals surface area contributed by atoms with Crippen LogP contribution in [0.15, 0.2) is 146 Å². The summed E-state index contributed by atoms with van der Waals surface area (Å²) in [6.07, 6.45) is 7.03. The molecule has 6 aliphatic carbocycles. The van der Waals surface area contributed by atoms with Gasteiger partial charge in [0.2, 0.25) is 0 Å². The minimum Gasteiger partial charge on any atom is -0.310 e. The van der Waals surface area contributed by atoms with Crippen LogP contribution < -0.4 is 4.90 Å². The van der Waals surface area contributed by atoms with Gasteiger partial charge in [0, 0.05) is 27.8 Å². The van der Waals surface area contributed by atoms with E-state index in [9.17, 15) is 0 Å². The Morgan fingerprint density at radius 3 is 1.89 bits per heavy atom. The number of rotatable bonds is 4. The van der Waals surface area contributed by atoms with E-state index in [1.165, 1.54) is 110 Å². The maximum atomic E-state index is 2.63. The van der Waals surface area contributed by atoms with Crippen molar-refractivity contribution in [3.05, 3.63) is 173 Å². The summed E-state index contributed by atoms with van der Waals surface area (Å²) in [5, 5.41) is 2.57. The molecule has 0 unspecified atom stereocenters. The molecule has 55 heavy (non-hydrogen) atoms. The minimum absolute atomic E-state index is 0.0785. The van der Waals surface area contributed by atoms with Crippen LogP contribution in [0.1, 0.15) is 73.8 Å². The summed E-state index contributed by atoms with van der Waals surface area (Å²) in [7, 11) is 0. The molecule has 0 atom stereocenters. The normalized spacial score (nSPS) is 24.5. The summed E-state index contributed by atoms with van der Waals surface area (Å²) in [6, 6.07) is 55.6. The quantitative estimate of drug-likeness (QED) is 0.176. The van der Waals surface area contributed by atoms with Gasteiger partial charge < -0.3 is 4.90 Å².